The van der Waals surface area contributed by atoms with E-state index in [1.54, 1.807) is 24.3 Å². The summed E-state index contributed by atoms with van der Waals surface area (Å²) in [6, 6.07) is 6.72. The van der Waals surface area contributed by atoms with Gasteiger partial charge in [0.15, 0.2) is 0 Å². The van der Waals surface area contributed by atoms with Gasteiger partial charge in [0.2, 0.25) is 0 Å². The van der Waals surface area contributed by atoms with E-state index in [-0.39, 0.29) is 6.04 Å². The molecule has 26 heavy (non-hydrogen) atoms. The largest absolute Gasteiger partial charge is 0.365 e. The molecule has 8 heteroatoms. The number of hydrogen-bond donors (Lipinski definition) is 4. The van der Waals surface area contributed by atoms with Crippen LogP contribution in [0.2, 0.25) is 5.02 Å². The smallest absolute Gasteiger partial charge is 0.324 e. The van der Waals surface area contributed by atoms with Crippen LogP contribution in [0.3, 0.4) is 0 Å². The molecule has 2 heterocycles. The lowest BCUT2D eigenvalue weighted by atomic mass is 9.92. The summed E-state index contributed by atoms with van der Waals surface area (Å²) >= 11 is 7.27. The fourth-order valence-corrected chi connectivity index (χ4v) is 4.74. The number of nitrogens with one attached hydrogen (secondary N) is 3. The topological polar surface area (TPSA) is 96.2 Å². The van der Waals surface area contributed by atoms with Crippen LogP contribution in [0.25, 0.3) is 0 Å². The van der Waals surface area contributed by atoms with E-state index in [9.17, 15) is 9.59 Å². The van der Waals surface area contributed by atoms with Gasteiger partial charge in [-0.2, -0.15) is 0 Å². The van der Waals surface area contributed by atoms with Crippen molar-refractivity contribution >= 4 is 45.6 Å². The quantitative estimate of drug-likeness (QED) is 0.629. The highest BCUT2D eigenvalue weighted by Gasteiger charge is 2.32. The zero-order valence-electron chi connectivity index (χ0n) is 14.6. The zero-order chi connectivity index (χ0) is 18.8. The van der Waals surface area contributed by atoms with Crippen LogP contribution >= 0.6 is 22.9 Å². The normalized spacial score (nSPS) is 18.9. The fraction of sp³-hybridized carbons (Fsp3) is 0.333. The Morgan fingerprint density at radius 1 is 1.31 bits per heavy atom. The van der Waals surface area contributed by atoms with E-state index in [0.29, 0.717) is 27.3 Å². The van der Waals surface area contributed by atoms with Crippen molar-refractivity contribution in [2.24, 2.45) is 5.73 Å². The third-order valence-electron chi connectivity index (χ3n) is 4.33. The summed E-state index contributed by atoms with van der Waals surface area (Å²) in [7, 11) is 0. The Morgan fingerprint density at radius 3 is 2.62 bits per heavy atom. The van der Waals surface area contributed by atoms with Crippen molar-refractivity contribution in [3.63, 3.8) is 0 Å². The summed E-state index contributed by atoms with van der Waals surface area (Å²) in [6.45, 7) is 4.16. The lowest BCUT2D eigenvalue weighted by Gasteiger charge is -2.29. The molecular formula is C18H21ClN4O2S. The molecular weight excluding hydrogens is 372 g/mol. The number of hydrogen-bond acceptors (Lipinski definition) is 4. The Labute approximate surface area is 161 Å². The van der Waals surface area contributed by atoms with Gasteiger partial charge < -0.3 is 16.4 Å². The maximum absolute atomic E-state index is 12.4. The minimum absolute atomic E-state index is 0.0578. The van der Waals surface area contributed by atoms with Crippen LogP contribution in [-0.2, 0) is 6.42 Å². The monoisotopic (exact) mass is 392 g/mol. The first-order valence-corrected chi connectivity index (χ1v) is 9.63. The summed E-state index contributed by atoms with van der Waals surface area (Å²) in [5.74, 6) is -0.529. The molecule has 0 fully saturated rings. The maximum Gasteiger partial charge on any atom is 0.324 e. The number of anilines is 2. The Kier molecular flexibility index (Phi) is 5.50. The molecule has 0 saturated heterocycles. The first-order chi connectivity index (χ1) is 12.4. The molecule has 0 radical (unpaired) electrons. The van der Waals surface area contributed by atoms with Crippen LogP contribution in [0.15, 0.2) is 24.3 Å². The number of amides is 3. The van der Waals surface area contributed by atoms with Crippen molar-refractivity contribution in [3.05, 3.63) is 45.3 Å². The molecule has 3 amide bonds. The van der Waals surface area contributed by atoms with Gasteiger partial charge in [-0.25, -0.2) is 4.79 Å². The van der Waals surface area contributed by atoms with Gasteiger partial charge in [0.25, 0.3) is 5.91 Å². The third-order valence-corrected chi connectivity index (χ3v) is 5.73. The van der Waals surface area contributed by atoms with E-state index < -0.39 is 11.9 Å². The molecule has 1 aliphatic heterocycles. The van der Waals surface area contributed by atoms with Crippen LogP contribution in [0, 0.1) is 0 Å². The van der Waals surface area contributed by atoms with Crippen molar-refractivity contribution in [2.75, 3.05) is 10.6 Å². The van der Waals surface area contributed by atoms with Crippen LogP contribution in [0.1, 0.15) is 47.1 Å². The average molecular weight is 393 g/mol. The first-order valence-electron chi connectivity index (χ1n) is 8.44. The van der Waals surface area contributed by atoms with Crippen LogP contribution in [-0.4, -0.2) is 18.0 Å². The summed E-state index contributed by atoms with van der Waals surface area (Å²) in [6.07, 6.45) is 1.64. The number of halogens is 1. The lowest BCUT2D eigenvalue weighted by Crippen LogP contribution is -2.37. The van der Waals surface area contributed by atoms with Crippen molar-refractivity contribution in [1.82, 2.24) is 5.32 Å². The van der Waals surface area contributed by atoms with Crippen molar-refractivity contribution in [3.8, 4) is 0 Å². The molecule has 0 aliphatic carbocycles. The average Bonchev–Trinajstić information content (AvgIpc) is 2.93. The van der Waals surface area contributed by atoms with Crippen molar-refractivity contribution < 1.29 is 9.59 Å². The van der Waals surface area contributed by atoms with E-state index >= 15 is 0 Å². The minimum Gasteiger partial charge on any atom is -0.365 e. The highest BCUT2D eigenvalue weighted by molar-refractivity contribution is 7.17. The molecule has 6 nitrogen and oxygen atoms in total. The van der Waals surface area contributed by atoms with E-state index in [2.05, 4.69) is 29.8 Å². The van der Waals surface area contributed by atoms with E-state index in [4.69, 9.17) is 17.3 Å². The second-order valence-electron chi connectivity index (χ2n) is 6.33. The van der Waals surface area contributed by atoms with Gasteiger partial charge in [0, 0.05) is 27.7 Å². The van der Waals surface area contributed by atoms with Gasteiger partial charge in [-0.1, -0.05) is 18.5 Å². The minimum atomic E-state index is -0.529. The van der Waals surface area contributed by atoms with Gasteiger partial charge in [-0.15, -0.1) is 11.3 Å². The van der Waals surface area contributed by atoms with Gasteiger partial charge >= 0.3 is 6.03 Å². The molecule has 3 rings (SSSR count). The molecule has 5 N–H and O–H groups in total. The molecule has 1 aromatic carbocycles. The van der Waals surface area contributed by atoms with E-state index in [1.165, 1.54) is 11.3 Å². The summed E-state index contributed by atoms with van der Waals surface area (Å²) in [4.78, 5) is 25.5. The highest BCUT2D eigenvalue weighted by Crippen LogP contribution is 2.41. The Morgan fingerprint density at radius 2 is 2.00 bits per heavy atom. The lowest BCUT2D eigenvalue weighted by molar-refractivity contribution is 0.0999. The molecule has 2 aromatic rings. The molecule has 0 spiro atoms. The van der Waals surface area contributed by atoms with Crippen LogP contribution in [0.4, 0.5) is 15.5 Å². The SMILES string of the molecule is CC[C@H]1N[C@@H](C)Cc2sc(NC(=O)Nc3ccc(Cl)cc3)c(C(N)=O)c21. The predicted molar refractivity (Wildman–Crippen MR) is 106 cm³/mol. The van der Waals surface area contributed by atoms with Crippen molar-refractivity contribution in [2.45, 2.75) is 38.8 Å². The summed E-state index contributed by atoms with van der Waals surface area (Å²) in [5, 5.41) is 10.1. The van der Waals surface area contributed by atoms with E-state index in [0.717, 1.165) is 23.3 Å². The zero-order valence-corrected chi connectivity index (χ0v) is 16.1. The maximum atomic E-state index is 12.4. The number of thiophene rings is 1. The second-order valence-corrected chi connectivity index (χ2v) is 7.87. The number of rotatable bonds is 4. The summed E-state index contributed by atoms with van der Waals surface area (Å²) < 4.78 is 0. The Hall–Kier alpha value is -2.09. The molecule has 1 aromatic heterocycles. The number of carbonyl (C=O) groups is 2. The van der Waals surface area contributed by atoms with Gasteiger partial charge in [-0.05, 0) is 49.6 Å². The third kappa shape index (κ3) is 3.85. The standard InChI is InChI=1S/C18H21ClN4O2S/c1-3-12-14-13(8-9(2)21-12)26-17(15(14)16(20)24)23-18(25)22-11-6-4-10(19)5-7-11/h4-7,9,12,21H,3,8H2,1-2H3,(H2,20,24)(H2,22,23,25)/t9-,12+/m0/s1. The number of nitrogens with two attached hydrogens (primary N) is 1. The van der Waals surface area contributed by atoms with Crippen molar-refractivity contribution in [1.29, 1.82) is 0 Å². The molecule has 0 bridgehead atoms. The number of fused-ring (bicyclic) bond motifs is 1. The Balaban J connectivity index is 1.86. The fourth-order valence-electron chi connectivity index (χ4n) is 3.23. The second kappa shape index (κ2) is 7.65. The van der Waals surface area contributed by atoms with Gasteiger partial charge in [0.1, 0.15) is 5.00 Å². The highest BCUT2D eigenvalue weighted by atomic mass is 35.5. The van der Waals surface area contributed by atoms with Gasteiger partial charge in [0.05, 0.1) is 5.56 Å². The van der Waals surface area contributed by atoms with E-state index in [1.807, 2.05) is 0 Å². The first kappa shape index (κ1) is 18.7. The molecule has 138 valence electrons. The van der Waals surface area contributed by atoms with Crippen LogP contribution in [0.5, 0.6) is 0 Å². The van der Waals surface area contributed by atoms with Gasteiger partial charge in [-0.3, -0.25) is 10.1 Å². The summed E-state index contributed by atoms with van der Waals surface area (Å²) in [5.41, 5.74) is 7.57. The number of primary amides is 1. The molecule has 0 unspecified atom stereocenters. The molecule has 2 atom stereocenters. The van der Waals surface area contributed by atoms with Crippen LogP contribution < -0.4 is 21.7 Å². The predicted octanol–water partition coefficient (Wildman–Crippen LogP) is 4.13. The Bertz CT molecular complexity index is 834. The number of carbonyl (C=O) groups excluding carboxylic acids is 2. The number of benzene rings is 1. The molecule has 0 saturated carbocycles. The molecule has 1 aliphatic rings. The number of urea groups is 1.